The monoisotopic (exact) mass is 405 g/mol. The van der Waals surface area contributed by atoms with Crippen LogP contribution < -0.4 is 14.8 Å². The van der Waals surface area contributed by atoms with E-state index in [2.05, 4.69) is 15.4 Å². The number of nitrogens with zero attached hydrogens (tertiary/aromatic N) is 4. The Balaban J connectivity index is 1.68. The molecular formula is C22H23N5O3. The zero-order valence-corrected chi connectivity index (χ0v) is 17.3. The van der Waals surface area contributed by atoms with Gasteiger partial charge in [0.15, 0.2) is 11.5 Å². The van der Waals surface area contributed by atoms with Crippen molar-refractivity contribution in [2.45, 2.75) is 20.4 Å². The summed E-state index contributed by atoms with van der Waals surface area (Å²) in [5.74, 6) is 1.71. The molecule has 0 radical (unpaired) electrons. The molecule has 30 heavy (non-hydrogen) atoms. The second kappa shape index (κ2) is 7.90. The van der Waals surface area contributed by atoms with Crippen LogP contribution in [-0.2, 0) is 11.3 Å². The maximum atomic E-state index is 12.8. The number of nitrogens with one attached hydrogen (secondary N) is 1. The lowest BCUT2D eigenvalue weighted by molar-refractivity contribution is -0.116. The van der Waals surface area contributed by atoms with Crippen molar-refractivity contribution in [1.82, 2.24) is 19.3 Å². The predicted molar refractivity (Wildman–Crippen MR) is 115 cm³/mol. The summed E-state index contributed by atoms with van der Waals surface area (Å²) in [4.78, 5) is 17.5. The molecular weight excluding hydrogens is 382 g/mol. The number of aromatic nitrogens is 4. The number of carbonyl (C=O) groups excluding carboxylic acids is 1. The lowest BCUT2D eigenvalue weighted by Crippen LogP contribution is -2.20. The molecule has 0 bridgehead atoms. The Kier molecular flexibility index (Phi) is 5.14. The Labute approximate surface area is 174 Å². The molecule has 0 fully saturated rings. The number of rotatable bonds is 6. The highest BCUT2D eigenvalue weighted by molar-refractivity contribution is 5.93. The molecule has 0 aliphatic heterocycles. The van der Waals surface area contributed by atoms with E-state index in [9.17, 15) is 4.79 Å². The number of hydrogen-bond acceptors (Lipinski definition) is 5. The highest BCUT2D eigenvalue weighted by atomic mass is 16.5. The lowest BCUT2D eigenvalue weighted by Gasteiger charge is -2.10. The molecule has 0 unspecified atom stereocenters. The minimum Gasteiger partial charge on any atom is -0.497 e. The molecule has 0 aliphatic rings. The number of fused-ring (bicyclic) bond motifs is 1. The molecule has 0 saturated heterocycles. The van der Waals surface area contributed by atoms with Gasteiger partial charge >= 0.3 is 0 Å². The first kappa shape index (κ1) is 19.5. The third kappa shape index (κ3) is 3.71. The number of pyridine rings is 1. The number of anilines is 1. The van der Waals surface area contributed by atoms with Crippen molar-refractivity contribution < 1.29 is 14.3 Å². The van der Waals surface area contributed by atoms with Crippen LogP contribution in [0.1, 0.15) is 11.3 Å². The van der Waals surface area contributed by atoms with E-state index in [0.29, 0.717) is 22.8 Å². The van der Waals surface area contributed by atoms with Crippen LogP contribution in [0.5, 0.6) is 11.5 Å². The van der Waals surface area contributed by atoms with E-state index >= 15 is 0 Å². The molecule has 1 amide bonds. The van der Waals surface area contributed by atoms with Crippen molar-refractivity contribution in [1.29, 1.82) is 0 Å². The van der Waals surface area contributed by atoms with Gasteiger partial charge in [0.05, 0.1) is 19.6 Å². The van der Waals surface area contributed by atoms with Crippen molar-refractivity contribution in [2.24, 2.45) is 0 Å². The summed E-state index contributed by atoms with van der Waals surface area (Å²) >= 11 is 0. The lowest BCUT2D eigenvalue weighted by atomic mass is 10.2. The molecule has 0 aliphatic carbocycles. The molecule has 0 saturated carbocycles. The summed E-state index contributed by atoms with van der Waals surface area (Å²) < 4.78 is 14.1. The van der Waals surface area contributed by atoms with Crippen molar-refractivity contribution >= 4 is 22.6 Å². The summed E-state index contributed by atoms with van der Waals surface area (Å²) in [6.07, 6.45) is 3.85. The zero-order valence-electron chi connectivity index (χ0n) is 17.3. The van der Waals surface area contributed by atoms with Crippen LogP contribution in [0, 0.1) is 13.8 Å². The van der Waals surface area contributed by atoms with Gasteiger partial charge in [-0.1, -0.05) is 0 Å². The van der Waals surface area contributed by atoms with Gasteiger partial charge in [-0.25, -0.2) is 9.67 Å². The van der Waals surface area contributed by atoms with Crippen LogP contribution in [0.15, 0.2) is 48.8 Å². The first-order chi connectivity index (χ1) is 14.5. The van der Waals surface area contributed by atoms with Gasteiger partial charge in [-0.05, 0) is 37.6 Å². The van der Waals surface area contributed by atoms with Gasteiger partial charge in [-0.3, -0.25) is 4.79 Å². The number of carbonyl (C=O) groups is 1. The Hall–Kier alpha value is -3.81. The van der Waals surface area contributed by atoms with Gasteiger partial charge < -0.3 is 19.4 Å². The van der Waals surface area contributed by atoms with E-state index in [1.54, 1.807) is 37.1 Å². The largest absolute Gasteiger partial charge is 0.497 e. The molecule has 154 valence electrons. The second-order valence-corrected chi connectivity index (χ2v) is 7.00. The number of hydrogen-bond donors (Lipinski definition) is 1. The topological polar surface area (TPSA) is 83.2 Å². The van der Waals surface area contributed by atoms with Crippen molar-refractivity contribution in [2.75, 3.05) is 19.5 Å². The number of ether oxygens (including phenoxy) is 2. The van der Waals surface area contributed by atoms with Crippen LogP contribution in [0.2, 0.25) is 0 Å². The average molecular weight is 405 g/mol. The second-order valence-electron chi connectivity index (χ2n) is 7.00. The SMILES string of the molecule is COc1cc(NC(=O)Cn2nc(-n3cccc3)c3c(C)cc(C)nc32)cc(OC)c1. The minimum atomic E-state index is -0.227. The summed E-state index contributed by atoms with van der Waals surface area (Å²) in [6, 6.07) is 11.1. The van der Waals surface area contributed by atoms with Crippen LogP contribution in [0.3, 0.4) is 0 Å². The Bertz CT molecular complexity index is 1190. The smallest absolute Gasteiger partial charge is 0.246 e. The molecule has 8 nitrogen and oxygen atoms in total. The fourth-order valence-corrected chi connectivity index (χ4v) is 3.47. The fourth-order valence-electron chi connectivity index (χ4n) is 3.47. The molecule has 4 rings (SSSR count). The van der Waals surface area contributed by atoms with Crippen LogP contribution in [0.4, 0.5) is 5.69 Å². The third-order valence-corrected chi connectivity index (χ3v) is 4.79. The van der Waals surface area contributed by atoms with E-state index < -0.39 is 0 Å². The number of amides is 1. The van der Waals surface area contributed by atoms with Crippen molar-refractivity contribution in [3.63, 3.8) is 0 Å². The number of benzene rings is 1. The highest BCUT2D eigenvalue weighted by Gasteiger charge is 2.18. The van der Waals surface area contributed by atoms with E-state index in [0.717, 1.165) is 22.5 Å². The fraction of sp³-hybridized carbons (Fsp3) is 0.227. The van der Waals surface area contributed by atoms with Crippen LogP contribution in [-0.4, -0.2) is 39.5 Å². The Morgan fingerprint density at radius 1 is 1.03 bits per heavy atom. The third-order valence-electron chi connectivity index (χ3n) is 4.79. The summed E-state index contributed by atoms with van der Waals surface area (Å²) in [5.41, 5.74) is 3.19. The average Bonchev–Trinajstić information content (AvgIpc) is 3.36. The summed E-state index contributed by atoms with van der Waals surface area (Å²) in [7, 11) is 3.13. The zero-order chi connectivity index (χ0) is 21.3. The maximum absolute atomic E-state index is 12.8. The van der Waals surface area contributed by atoms with Gasteiger partial charge in [0.2, 0.25) is 5.91 Å². The minimum absolute atomic E-state index is 0.0210. The number of aryl methyl sites for hydroxylation is 2. The normalized spacial score (nSPS) is 10.9. The van der Waals surface area contributed by atoms with E-state index in [-0.39, 0.29) is 12.5 Å². The highest BCUT2D eigenvalue weighted by Crippen LogP contribution is 2.27. The molecule has 8 heteroatoms. The van der Waals surface area contributed by atoms with Gasteiger partial charge in [-0.2, -0.15) is 5.10 Å². The van der Waals surface area contributed by atoms with E-state index in [1.807, 2.05) is 49.0 Å². The summed E-state index contributed by atoms with van der Waals surface area (Å²) in [5, 5.41) is 8.50. The first-order valence-corrected chi connectivity index (χ1v) is 9.49. The van der Waals surface area contributed by atoms with Crippen molar-refractivity contribution in [3.05, 3.63) is 60.0 Å². The Morgan fingerprint density at radius 2 is 1.70 bits per heavy atom. The van der Waals surface area contributed by atoms with E-state index in [1.165, 1.54) is 0 Å². The number of methoxy groups -OCH3 is 2. The van der Waals surface area contributed by atoms with Gasteiger partial charge in [0.1, 0.15) is 18.0 Å². The summed E-state index contributed by atoms with van der Waals surface area (Å²) in [6.45, 7) is 3.98. The molecule has 3 heterocycles. The Morgan fingerprint density at radius 3 is 2.33 bits per heavy atom. The molecule has 4 aromatic rings. The predicted octanol–water partition coefficient (Wildman–Crippen LogP) is 3.49. The van der Waals surface area contributed by atoms with Gasteiger partial charge in [0.25, 0.3) is 0 Å². The van der Waals surface area contributed by atoms with Gasteiger partial charge in [-0.15, -0.1) is 0 Å². The standard InChI is InChI=1S/C22H23N5O3/c1-14-9-15(2)23-21-20(14)22(26-7-5-6-8-26)25-27(21)13-19(28)24-16-10-17(29-3)12-18(11-16)30-4/h5-12H,13H2,1-4H3,(H,24,28). The van der Waals surface area contributed by atoms with Crippen LogP contribution >= 0.6 is 0 Å². The molecule has 3 aromatic heterocycles. The van der Waals surface area contributed by atoms with Crippen molar-refractivity contribution in [3.8, 4) is 17.3 Å². The molecule has 0 atom stereocenters. The van der Waals surface area contributed by atoms with Gasteiger partial charge in [0, 0.05) is 42.0 Å². The maximum Gasteiger partial charge on any atom is 0.246 e. The van der Waals surface area contributed by atoms with E-state index in [4.69, 9.17) is 9.47 Å². The first-order valence-electron chi connectivity index (χ1n) is 9.49. The molecule has 1 N–H and O–H groups in total. The quantitative estimate of drug-likeness (QED) is 0.531. The molecule has 1 aromatic carbocycles. The molecule has 0 spiro atoms. The van der Waals surface area contributed by atoms with Crippen LogP contribution in [0.25, 0.3) is 16.9 Å².